The van der Waals surface area contributed by atoms with Crippen LogP contribution in [-0.2, 0) is 13.1 Å². The third-order valence-electron chi connectivity index (χ3n) is 2.94. The molecule has 2 nitrogen and oxygen atoms in total. The molecule has 0 radical (unpaired) electrons. The molecule has 2 aromatic heterocycles. The van der Waals surface area contributed by atoms with E-state index in [4.69, 9.17) is 23.2 Å². The Morgan fingerprint density at radius 2 is 1.89 bits per heavy atom. The highest BCUT2D eigenvalue weighted by molar-refractivity contribution is 7.16. The average molecular weight is 311 g/mol. The fraction of sp³-hybridized carbons (Fsp3) is 0.143. The fourth-order valence-electron chi connectivity index (χ4n) is 2.04. The lowest BCUT2D eigenvalue weighted by Crippen LogP contribution is -2.12. The van der Waals surface area contributed by atoms with Crippen molar-refractivity contribution >= 4 is 45.4 Å². The van der Waals surface area contributed by atoms with Crippen LogP contribution in [0.2, 0.25) is 9.36 Å². The smallest absolute Gasteiger partial charge is 0.0931 e. The van der Waals surface area contributed by atoms with Crippen molar-refractivity contribution in [1.82, 2.24) is 10.3 Å². The molecule has 0 saturated heterocycles. The minimum atomic E-state index is 0.711. The highest BCUT2D eigenvalue weighted by Gasteiger charge is 2.08. The molecule has 0 aliphatic carbocycles. The minimum Gasteiger partial charge on any atom is -0.356 e. The van der Waals surface area contributed by atoms with Crippen molar-refractivity contribution in [3.05, 3.63) is 56.3 Å². The lowest BCUT2D eigenvalue weighted by Gasteiger charge is -2.01. The molecule has 3 rings (SSSR count). The summed E-state index contributed by atoms with van der Waals surface area (Å²) in [6.07, 6.45) is 0. The van der Waals surface area contributed by atoms with Crippen LogP contribution in [0, 0.1) is 0 Å². The van der Waals surface area contributed by atoms with Crippen molar-refractivity contribution in [3.8, 4) is 0 Å². The van der Waals surface area contributed by atoms with E-state index in [1.165, 1.54) is 4.88 Å². The van der Waals surface area contributed by atoms with Gasteiger partial charge >= 0.3 is 0 Å². The lowest BCUT2D eigenvalue weighted by molar-refractivity contribution is 0.691. The first kappa shape index (κ1) is 13.0. The molecule has 0 amide bonds. The van der Waals surface area contributed by atoms with Gasteiger partial charge in [-0.25, -0.2) is 0 Å². The molecule has 98 valence electrons. The molecule has 2 N–H and O–H groups in total. The number of hydrogen-bond acceptors (Lipinski definition) is 2. The molecule has 0 saturated carbocycles. The second kappa shape index (κ2) is 5.55. The first-order chi connectivity index (χ1) is 9.24. The maximum absolute atomic E-state index is 6.35. The van der Waals surface area contributed by atoms with Crippen molar-refractivity contribution < 1.29 is 0 Å². The maximum Gasteiger partial charge on any atom is 0.0931 e. The normalized spacial score (nSPS) is 11.3. The number of halogens is 2. The molecule has 1 aromatic carbocycles. The van der Waals surface area contributed by atoms with E-state index in [9.17, 15) is 0 Å². The highest BCUT2D eigenvalue weighted by atomic mass is 35.5. The monoisotopic (exact) mass is 310 g/mol. The van der Waals surface area contributed by atoms with E-state index >= 15 is 0 Å². The summed E-state index contributed by atoms with van der Waals surface area (Å²) in [5.74, 6) is 0. The van der Waals surface area contributed by atoms with Crippen LogP contribution < -0.4 is 5.32 Å². The first-order valence-corrected chi connectivity index (χ1v) is 7.51. The van der Waals surface area contributed by atoms with Gasteiger partial charge in [-0.1, -0.05) is 41.4 Å². The van der Waals surface area contributed by atoms with Gasteiger partial charge in [-0.3, -0.25) is 0 Å². The number of rotatable bonds is 4. The summed E-state index contributed by atoms with van der Waals surface area (Å²) in [6, 6.07) is 12.0. The van der Waals surface area contributed by atoms with Gasteiger partial charge < -0.3 is 10.3 Å². The van der Waals surface area contributed by atoms with Gasteiger partial charge in [0.05, 0.1) is 9.36 Å². The van der Waals surface area contributed by atoms with E-state index in [1.54, 1.807) is 11.3 Å². The van der Waals surface area contributed by atoms with Crippen molar-refractivity contribution in [3.63, 3.8) is 0 Å². The summed E-state index contributed by atoms with van der Waals surface area (Å²) in [5, 5.41) is 5.24. The summed E-state index contributed by atoms with van der Waals surface area (Å²) in [4.78, 5) is 4.56. The summed E-state index contributed by atoms with van der Waals surface area (Å²) in [5.41, 5.74) is 2.09. The number of fused-ring (bicyclic) bond motifs is 1. The van der Waals surface area contributed by atoms with Crippen LogP contribution >= 0.6 is 34.5 Å². The quantitative estimate of drug-likeness (QED) is 0.710. The van der Waals surface area contributed by atoms with E-state index in [2.05, 4.69) is 10.3 Å². The molecule has 0 atom stereocenters. The van der Waals surface area contributed by atoms with Crippen LogP contribution in [0.3, 0.4) is 0 Å². The molecule has 0 unspecified atom stereocenters. The Morgan fingerprint density at radius 3 is 2.63 bits per heavy atom. The van der Waals surface area contributed by atoms with E-state index in [1.807, 2.05) is 36.4 Å². The number of hydrogen-bond donors (Lipinski definition) is 2. The van der Waals surface area contributed by atoms with Gasteiger partial charge in [0, 0.05) is 34.6 Å². The molecule has 19 heavy (non-hydrogen) atoms. The van der Waals surface area contributed by atoms with Gasteiger partial charge in [0.15, 0.2) is 0 Å². The Kier molecular flexibility index (Phi) is 3.80. The van der Waals surface area contributed by atoms with E-state index in [0.29, 0.717) is 6.54 Å². The summed E-state index contributed by atoms with van der Waals surface area (Å²) in [7, 11) is 0. The molecule has 0 fully saturated rings. The number of H-pyrrole nitrogens is 1. The number of aromatic amines is 1. The van der Waals surface area contributed by atoms with Gasteiger partial charge in [-0.05, 0) is 18.2 Å². The first-order valence-electron chi connectivity index (χ1n) is 5.94. The van der Waals surface area contributed by atoms with Crippen molar-refractivity contribution in [2.45, 2.75) is 13.1 Å². The van der Waals surface area contributed by atoms with E-state index in [-0.39, 0.29) is 0 Å². The molecular weight excluding hydrogens is 299 g/mol. The Balaban J connectivity index is 1.70. The van der Waals surface area contributed by atoms with Gasteiger partial charge in [-0.2, -0.15) is 0 Å². The van der Waals surface area contributed by atoms with Gasteiger partial charge in [-0.15, -0.1) is 11.3 Å². The van der Waals surface area contributed by atoms with Crippen molar-refractivity contribution in [1.29, 1.82) is 0 Å². The molecule has 5 heteroatoms. The zero-order chi connectivity index (χ0) is 13.2. The average Bonchev–Trinajstić information content (AvgIpc) is 2.96. The van der Waals surface area contributed by atoms with Crippen LogP contribution in [0.1, 0.15) is 10.6 Å². The number of aromatic nitrogens is 1. The number of thiophene rings is 1. The van der Waals surface area contributed by atoms with Crippen LogP contribution in [0.25, 0.3) is 10.9 Å². The number of nitrogens with one attached hydrogen (secondary N) is 2. The predicted molar refractivity (Wildman–Crippen MR) is 83.2 cm³/mol. The standard InChI is InChI=1S/C14H12Cl2N2S/c15-13-6-5-9(19-13)7-17-8-12-14(16)10-3-1-2-4-11(10)18-12/h1-6,17-18H,7-8H2. The zero-order valence-electron chi connectivity index (χ0n) is 10.0. The molecule has 0 spiro atoms. The Labute approximate surface area is 125 Å². The second-order valence-electron chi connectivity index (χ2n) is 4.27. The third kappa shape index (κ3) is 2.79. The van der Waals surface area contributed by atoms with Gasteiger partial charge in [0.25, 0.3) is 0 Å². The Hall–Kier alpha value is -1.000. The van der Waals surface area contributed by atoms with Crippen LogP contribution in [-0.4, -0.2) is 4.98 Å². The maximum atomic E-state index is 6.35. The summed E-state index contributed by atoms with van der Waals surface area (Å²) < 4.78 is 0.820. The van der Waals surface area contributed by atoms with Crippen LogP contribution in [0.4, 0.5) is 0 Å². The molecule has 0 aliphatic heterocycles. The summed E-state index contributed by atoms with van der Waals surface area (Å²) >= 11 is 13.8. The predicted octanol–water partition coefficient (Wildman–Crippen LogP) is 4.83. The van der Waals surface area contributed by atoms with Crippen molar-refractivity contribution in [2.75, 3.05) is 0 Å². The lowest BCUT2D eigenvalue weighted by atomic mass is 10.2. The van der Waals surface area contributed by atoms with Crippen molar-refractivity contribution in [2.24, 2.45) is 0 Å². The highest BCUT2D eigenvalue weighted by Crippen LogP contribution is 2.27. The molecular formula is C14H12Cl2N2S. The fourth-order valence-corrected chi connectivity index (χ4v) is 3.38. The Morgan fingerprint density at radius 1 is 1.05 bits per heavy atom. The zero-order valence-corrected chi connectivity index (χ0v) is 12.4. The third-order valence-corrected chi connectivity index (χ3v) is 4.61. The molecule has 2 heterocycles. The second-order valence-corrected chi connectivity index (χ2v) is 6.45. The van der Waals surface area contributed by atoms with Crippen LogP contribution in [0.15, 0.2) is 36.4 Å². The summed E-state index contributed by atoms with van der Waals surface area (Å²) in [6.45, 7) is 1.51. The molecule has 0 bridgehead atoms. The topological polar surface area (TPSA) is 27.8 Å². The van der Waals surface area contributed by atoms with Crippen LogP contribution in [0.5, 0.6) is 0 Å². The molecule has 0 aliphatic rings. The SMILES string of the molecule is Clc1ccc(CNCc2[nH]c3ccccc3c2Cl)s1. The number of para-hydroxylation sites is 1. The van der Waals surface area contributed by atoms with Gasteiger partial charge in [0.1, 0.15) is 0 Å². The minimum absolute atomic E-state index is 0.711. The number of benzene rings is 1. The van der Waals surface area contributed by atoms with E-state index < -0.39 is 0 Å². The molecule has 3 aromatic rings. The van der Waals surface area contributed by atoms with Gasteiger partial charge in [0.2, 0.25) is 0 Å². The van der Waals surface area contributed by atoms with E-state index in [0.717, 1.165) is 32.5 Å². The largest absolute Gasteiger partial charge is 0.356 e. The Bertz CT molecular complexity index is 702.